The first kappa shape index (κ1) is 14.7. The van der Waals surface area contributed by atoms with E-state index >= 15 is 0 Å². The maximum absolute atomic E-state index is 6.79. The van der Waals surface area contributed by atoms with Crippen molar-refractivity contribution in [2.45, 2.75) is 57.4 Å². The van der Waals surface area contributed by atoms with E-state index in [0.717, 1.165) is 19.3 Å². The van der Waals surface area contributed by atoms with Gasteiger partial charge in [-0.15, -0.1) is 11.3 Å². The molecule has 1 aliphatic carbocycles. The zero-order valence-electron chi connectivity index (χ0n) is 13.1. The summed E-state index contributed by atoms with van der Waals surface area (Å²) in [6.45, 7) is 6.62. The molecule has 0 saturated carbocycles. The number of aryl methyl sites for hydroxylation is 1. The van der Waals surface area contributed by atoms with Crippen molar-refractivity contribution >= 4 is 11.3 Å². The van der Waals surface area contributed by atoms with Gasteiger partial charge in [-0.3, -0.25) is 0 Å². The largest absolute Gasteiger partial charge is 0.321 e. The zero-order valence-corrected chi connectivity index (χ0v) is 14.0. The predicted molar refractivity (Wildman–Crippen MR) is 89.8 cm³/mol. The lowest BCUT2D eigenvalue weighted by Gasteiger charge is -2.35. The van der Waals surface area contributed by atoms with Crippen LogP contribution >= 0.6 is 11.3 Å². The molecule has 3 heteroatoms. The summed E-state index contributed by atoms with van der Waals surface area (Å²) in [5, 5.41) is 3.35. The molecule has 0 bridgehead atoms. The molecule has 0 aliphatic heterocycles. The molecule has 0 amide bonds. The van der Waals surface area contributed by atoms with Crippen LogP contribution in [0.25, 0.3) is 0 Å². The third-order valence-electron chi connectivity index (χ3n) is 4.41. The minimum Gasteiger partial charge on any atom is -0.321 e. The maximum Gasteiger partial charge on any atom is 0.0950 e. The standard InChI is InChI=1S/C18H24N2S/c1-17(2,3)15-12-21-16(20-15)11-18(19)10-6-8-13-7-4-5-9-14(13)18/h4-5,7,9,12H,6,8,10-11,19H2,1-3H3. The van der Waals surface area contributed by atoms with Crippen LogP contribution in [0.15, 0.2) is 29.6 Å². The van der Waals surface area contributed by atoms with Crippen LogP contribution in [0, 0.1) is 0 Å². The van der Waals surface area contributed by atoms with Gasteiger partial charge < -0.3 is 5.73 Å². The first-order chi connectivity index (χ1) is 9.88. The quantitative estimate of drug-likeness (QED) is 0.904. The minimum absolute atomic E-state index is 0.112. The Morgan fingerprint density at radius 2 is 2.05 bits per heavy atom. The lowest BCUT2D eigenvalue weighted by atomic mass is 9.75. The van der Waals surface area contributed by atoms with Gasteiger partial charge in [-0.05, 0) is 30.4 Å². The van der Waals surface area contributed by atoms with Crippen LogP contribution in [-0.4, -0.2) is 4.98 Å². The highest BCUT2D eigenvalue weighted by Gasteiger charge is 2.33. The third kappa shape index (κ3) is 2.90. The van der Waals surface area contributed by atoms with Crippen molar-refractivity contribution in [2.24, 2.45) is 5.73 Å². The number of nitrogens with zero attached hydrogens (tertiary/aromatic N) is 1. The van der Waals surface area contributed by atoms with Crippen LogP contribution in [0.4, 0.5) is 0 Å². The van der Waals surface area contributed by atoms with Crippen molar-refractivity contribution in [3.63, 3.8) is 0 Å². The van der Waals surface area contributed by atoms with Gasteiger partial charge in [-0.25, -0.2) is 4.98 Å². The van der Waals surface area contributed by atoms with Gasteiger partial charge in [-0.1, -0.05) is 45.0 Å². The Kier molecular flexibility index (Phi) is 3.66. The Balaban J connectivity index is 1.90. The van der Waals surface area contributed by atoms with Gasteiger partial charge in [0.2, 0.25) is 0 Å². The minimum atomic E-state index is -0.248. The highest BCUT2D eigenvalue weighted by molar-refractivity contribution is 7.09. The van der Waals surface area contributed by atoms with Gasteiger partial charge in [0.15, 0.2) is 0 Å². The molecule has 21 heavy (non-hydrogen) atoms. The van der Waals surface area contributed by atoms with Crippen LogP contribution in [-0.2, 0) is 23.8 Å². The Bertz CT molecular complexity index is 639. The van der Waals surface area contributed by atoms with Crippen LogP contribution in [0.3, 0.4) is 0 Å². The van der Waals surface area contributed by atoms with Crippen LogP contribution in [0.1, 0.15) is 55.4 Å². The molecule has 112 valence electrons. The van der Waals surface area contributed by atoms with Crippen molar-refractivity contribution in [1.82, 2.24) is 4.98 Å². The van der Waals surface area contributed by atoms with Crippen LogP contribution in [0.2, 0.25) is 0 Å². The molecule has 1 aliphatic rings. The molecule has 0 saturated heterocycles. The third-order valence-corrected chi connectivity index (χ3v) is 5.26. The normalized spacial score (nSPS) is 22.1. The van der Waals surface area contributed by atoms with Gasteiger partial charge in [0.25, 0.3) is 0 Å². The number of fused-ring (bicyclic) bond motifs is 1. The molecular formula is C18H24N2S. The molecule has 0 radical (unpaired) electrons. The zero-order chi connectivity index (χ0) is 15.1. The van der Waals surface area contributed by atoms with Crippen molar-refractivity contribution < 1.29 is 0 Å². The smallest absolute Gasteiger partial charge is 0.0950 e. The summed E-state index contributed by atoms with van der Waals surface area (Å²) in [5.74, 6) is 0. The fourth-order valence-corrected chi connectivity index (χ4v) is 4.29. The molecule has 1 aromatic heterocycles. The van der Waals surface area contributed by atoms with Crippen LogP contribution in [0.5, 0.6) is 0 Å². The summed E-state index contributed by atoms with van der Waals surface area (Å²) in [5.41, 5.74) is 10.6. The Morgan fingerprint density at radius 1 is 1.29 bits per heavy atom. The number of rotatable bonds is 2. The van der Waals surface area contributed by atoms with Gasteiger partial charge in [0.1, 0.15) is 0 Å². The monoisotopic (exact) mass is 300 g/mol. The van der Waals surface area contributed by atoms with E-state index in [4.69, 9.17) is 10.7 Å². The second kappa shape index (κ2) is 5.22. The summed E-state index contributed by atoms with van der Waals surface area (Å²) in [7, 11) is 0. The molecule has 1 heterocycles. The molecule has 3 rings (SSSR count). The van der Waals surface area contributed by atoms with Gasteiger partial charge in [0.05, 0.1) is 10.7 Å². The molecule has 2 N–H and O–H groups in total. The number of nitrogens with two attached hydrogens (primary N) is 1. The van der Waals surface area contributed by atoms with E-state index in [9.17, 15) is 0 Å². The molecule has 1 aromatic carbocycles. The maximum atomic E-state index is 6.79. The van der Waals surface area contributed by atoms with E-state index in [2.05, 4.69) is 50.4 Å². The van der Waals surface area contributed by atoms with Crippen molar-refractivity contribution in [1.29, 1.82) is 0 Å². The van der Waals surface area contributed by atoms with Gasteiger partial charge >= 0.3 is 0 Å². The van der Waals surface area contributed by atoms with Gasteiger partial charge in [-0.2, -0.15) is 0 Å². The number of hydrogen-bond acceptors (Lipinski definition) is 3. The SMILES string of the molecule is CC(C)(C)c1csc(CC2(N)CCCc3ccccc32)n1. The highest BCUT2D eigenvalue weighted by atomic mass is 32.1. The average molecular weight is 300 g/mol. The van der Waals surface area contributed by atoms with E-state index in [1.807, 2.05) is 0 Å². The topological polar surface area (TPSA) is 38.9 Å². The number of hydrogen-bond donors (Lipinski definition) is 1. The van der Waals surface area contributed by atoms with E-state index in [1.165, 1.54) is 28.2 Å². The second-order valence-corrected chi connectivity index (χ2v) is 8.16. The summed E-state index contributed by atoms with van der Waals surface area (Å²) in [4.78, 5) is 4.83. The van der Waals surface area contributed by atoms with E-state index in [0.29, 0.717) is 0 Å². The van der Waals surface area contributed by atoms with Gasteiger partial charge in [0, 0.05) is 22.8 Å². The fourth-order valence-electron chi connectivity index (χ4n) is 3.14. The second-order valence-electron chi connectivity index (χ2n) is 7.22. The molecule has 0 spiro atoms. The Hall–Kier alpha value is -1.19. The first-order valence-corrected chi connectivity index (χ1v) is 8.59. The molecule has 2 nitrogen and oxygen atoms in total. The van der Waals surface area contributed by atoms with Crippen molar-refractivity contribution in [2.75, 3.05) is 0 Å². The summed E-state index contributed by atoms with van der Waals surface area (Å²) >= 11 is 1.75. The summed E-state index contributed by atoms with van der Waals surface area (Å²) in [6, 6.07) is 8.64. The first-order valence-electron chi connectivity index (χ1n) is 7.71. The predicted octanol–water partition coefficient (Wildman–Crippen LogP) is 4.17. The molecule has 1 atom stereocenters. The van der Waals surface area contributed by atoms with Crippen molar-refractivity contribution in [3.05, 3.63) is 51.5 Å². The van der Waals surface area contributed by atoms with E-state index in [1.54, 1.807) is 11.3 Å². The van der Waals surface area contributed by atoms with E-state index in [-0.39, 0.29) is 11.0 Å². The van der Waals surface area contributed by atoms with Crippen molar-refractivity contribution in [3.8, 4) is 0 Å². The lowest BCUT2D eigenvalue weighted by Crippen LogP contribution is -2.42. The average Bonchev–Trinajstić information content (AvgIpc) is 2.87. The summed E-state index contributed by atoms with van der Waals surface area (Å²) in [6.07, 6.45) is 4.23. The molecule has 0 fully saturated rings. The number of benzene rings is 1. The Labute approximate surface area is 131 Å². The van der Waals surface area contributed by atoms with E-state index < -0.39 is 0 Å². The fraction of sp³-hybridized carbons (Fsp3) is 0.500. The number of aromatic nitrogens is 1. The summed E-state index contributed by atoms with van der Waals surface area (Å²) < 4.78 is 0. The molecular weight excluding hydrogens is 276 g/mol. The highest BCUT2D eigenvalue weighted by Crippen LogP contribution is 2.37. The Morgan fingerprint density at radius 3 is 2.76 bits per heavy atom. The molecule has 2 aromatic rings. The molecule has 1 unspecified atom stereocenters. The lowest BCUT2D eigenvalue weighted by molar-refractivity contribution is 0.368. The van der Waals surface area contributed by atoms with Crippen LogP contribution < -0.4 is 5.73 Å². The number of thiazole rings is 1.